The smallest absolute Gasteiger partial charge is 0.306 e. The van der Waals surface area contributed by atoms with Crippen LogP contribution in [0.15, 0.2) is 30.3 Å². The SMILES string of the molecule is CCC(C)OC(=O)CCCOCc1ccccc1. The summed E-state index contributed by atoms with van der Waals surface area (Å²) in [5, 5.41) is 0. The van der Waals surface area contributed by atoms with Crippen molar-refractivity contribution in [1.29, 1.82) is 0 Å². The maximum atomic E-state index is 11.4. The van der Waals surface area contributed by atoms with Crippen LogP contribution in [0.1, 0.15) is 38.7 Å². The third kappa shape index (κ3) is 6.40. The van der Waals surface area contributed by atoms with Crippen LogP contribution in [-0.2, 0) is 20.9 Å². The molecule has 0 amide bonds. The Morgan fingerprint density at radius 3 is 2.67 bits per heavy atom. The lowest BCUT2D eigenvalue weighted by Crippen LogP contribution is -2.14. The van der Waals surface area contributed by atoms with Crippen LogP contribution in [0.25, 0.3) is 0 Å². The Morgan fingerprint density at radius 2 is 2.00 bits per heavy atom. The third-order valence-electron chi connectivity index (χ3n) is 2.69. The van der Waals surface area contributed by atoms with Crippen LogP contribution in [0.3, 0.4) is 0 Å². The lowest BCUT2D eigenvalue weighted by molar-refractivity contribution is -0.148. The molecular weight excluding hydrogens is 228 g/mol. The molecule has 3 nitrogen and oxygen atoms in total. The van der Waals surface area contributed by atoms with Crippen molar-refractivity contribution in [3.05, 3.63) is 35.9 Å². The molecule has 0 aliphatic heterocycles. The van der Waals surface area contributed by atoms with Crippen molar-refractivity contribution >= 4 is 5.97 Å². The Kier molecular flexibility index (Phi) is 7.11. The molecule has 1 unspecified atom stereocenters. The molecule has 0 heterocycles. The number of rotatable bonds is 8. The van der Waals surface area contributed by atoms with Gasteiger partial charge in [0.05, 0.1) is 12.7 Å². The fraction of sp³-hybridized carbons (Fsp3) is 0.533. The van der Waals surface area contributed by atoms with Crippen LogP contribution in [0.2, 0.25) is 0 Å². The van der Waals surface area contributed by atoms with E-state index >= 15 is 0 Å². The fourth-order valence-electron chi connectivity index (χ4n) is 1.45. The summed E-state index contributed by atoms with van der Waals surface area (Å²) < 4.78 is 10.7. The molecule has 0 saturated heterocycles. The number of hydrogen-bond acceptors (Lipinski definition) is 3. The summed E-state index contributed by atoms with van der Waals surface area (Å²) in [7, 11) is 0. The minimum absolute atomic E-state index is 0.0164. The van der Waals surface area contributed by atoms with Gasteiger partial charge in [0, 0.05) is 13.0 Å². The predicted molar refractivity (Wildman–Crippen MR) is 71.2 cm³/mol. The van der Waals surface area contributed by atoms with Crippen molar-refractivity contribution in [2.24, 2.45) is 0 Å². The lowest BCUT2D eigenvalue weighted by atomic mass is 10.2. The van der Waals surface area contributed by atoms with E-state index in [0.29, 0.717) is 26.1 Å². The average molecular weight is 250 g/mol. The van der Waals surface area contributed by atoms with Crippen LogP contribution in [-0.4, -0.2) is 18.7 Å². The van der Waals surface area contributed by atoms with Gasteiger partial charge in [-0.05, 0) is 25.3 Å². The zero-order chi connectivity index (χ0) is 13.2. The minimum Gasteiger partial charge on any atom is -0.463 e. The summed E-state index contributed by atoms with van der Waals surface area (Å²) in [4.78, 5) is 11.4. The van der Waals surface area contributed by atoms with Gasteiger partial charge in [-0.3, -0.25) is 4.79 Å². The molecule has 0 saturated carbocycles. The highest BCUT2D eigenvalue weighted by molar-refractivity contribution is 5.69. The molecule has 18 heavy (non-hydrogen) atoms. The Morgan fingerprint density at radius 1 is 1.28 bits per heavy atom. The normalized spacial score (nSPS) is 12.1. The summed E-state index contributed by atoms with van der Waals surface area (Å²) in [6, 6.07) is 10.0. The van der Waals surface area contributed by atoms with Crippen molar-refractivity contribution in [3.8, 4) is 0 Å². The van der Waals surface area contributed by atoms with Crippen molar-refractivity contribution in [2.75, 3.05) is 6.61 Å². The molecule has 0 aliphatic rings. The third-order valence-corrected chi connectivity index (χ3v) is 2.69. The van der Waals surface area contributed by atoms with Crippen LogP contribution in [0.4, 0.5) is 0 Å². The Hall–Kier alpha value is -1.35. The first-order chi connectivity index (χ1) is 8.72. The van der Waals surface area contributed by atoms with Crippen molar-refractivity contribution in [2.45, 2.75) is 45.8 Å². The molecule has 0 spiro atoms. The molecule has 1 rings (SSSR count). The number of esters is 1. The van der Waals surface area contributed by atoms with Crippen LogP contribution < -0.4 is 0 Å². The van der Waals surface area contributed by atoms with E-state index in [-0.39, 0.29) is 12.1 Å². The highest BCUT2D eigenvalue weighted by atomic mass is 16.5. The van der Waals surface area contributed by atoms with E-state index in [2.05, 4.69) is 0 Å². The molecule has 1 aromatic rings. The van der Waals surface area contributed by atoms with Gasteiger partial charge >= 0.3 is 5.97 Å². The van der Waals surface area contributed by atoms with Gasteiger partial charge in [0.25, 0.3) is 0 Å². The summed E-state index contributed by atoms with van der Waals surface area (Å²) in [6.07, 6.45) is 2.01. The van der Waals surface area contributed by atoms with E-state index < -0.39 is 0 Å². The van der Waals surface area contributed by atoms with Crippen LogP contribution >= 0.6 is 0 Å². The van der Waals surface area contributed by atoms with Gasteiger partial charge in [-0.1, -0.05) is 37.3 Å². The van der Waals surface area contributed by atoms with E-state index in [0.717, 1.165) is 12.0 Å². The van der Waals surface area contributed by atoms with Crippen LogP contribution in [0.5, 0.6) is 0 Å². The zero-order valence-corrected chi connectivity index (χ0v) is 11.2. The van der Waals surface area contributed by atoms with Gasteiger partial charge in [0.15, 0.2) is 0 Å². The molecule has 0 radical (unpaired) electrons. The van der Waals surface area contributed by atoms with Gasteiger partial charge in [-0.2, -0.15) is 0 Å². The first kappa shape index (κ1) is 14.7. The monoisotopic (exact) mass is 250 g/mol. The van der Waals surface area contributed by atoms with Crippen LogP contribution in [0, 0.1) is 0 Å². The molecule has 0 N–H and O–H groups in total. The fourth-order valence-corrected chi connectivity index (χ4v) is 1.45. The second-order valence-corrected chi connectivity index (χ2v) is 4.35. The van der Waals surface area contributed by atoms with Crippen molar-refractivity contribution in [3.63, 3.8) is 0 Å². The van der Waals surface area contributed by atoms with E-state index in [4.69, 9.17) is 9.47 Å². The maximum Gasteiger partial charge on any atom is 0.306 e. The van der Waals surface area contributed by atoms with Crippen molar-refractivity contribution < 1.29 is 14.3 Å². The number of benzene rings is 1. The highest BCUT2D eigenvalue weighted by Gasteiger charge is 2.06. The van der Waals surface area contributed by atoms with E-state index in [1.807, 2.05) is 44.2 Å². The van der Waals surface area contributed by atoms with E-state index in [9.17, 15) is 4.79 Å². The Bertz CT molecular complexity index is 335. The number of carbonyl (C=O) groups is 1. The molecular formula is C15H22O3. The molecule has 0 bridgehead atoms. The second kappa shape index (κ2) is 8.70. The molecule has 1 aromatic carbocycles. The number of ether oxygens (including phenoxy) is 2. The van der Waals surface area contributed by atoms with E-state index in [1.54, 1.807) is 0 Å². The summed E-state index contributed by atoms with van der Waals surface area (Å²) in [6.45, 7) is 5.09. The standard InChI is InChI=1S/C15H22O3/c1-3-13(2)18-15(16)10-7-11-17-12-14-8-5-4-6-9-14/h4-6,8-9,13H,3,7,10-12H2,1-2H3. The predicted octanol–water partition coefficient (Wildman–Crippen LogP) is 3.33. The summed E-state index contributed by atoms with van der Waals surface area (Å²) >= 11 is 0. The largest absolute Gasteiger partial charge is 0.463 e. The van der Waals surface area contributed by atoms with Crippen molar-refractivity contribution in [1.82, 2.24) is 0 Å². The molecule has 0 aliphatic carbocycles. The highest BCUT2D eigenvalue weighted by Crippen LogP contribution is 2.03. The molecule has 100 valence electrons. The number of carbonyl (C=O) groups excluding carboxylic acids is 1. The van der Waals surface area contributed by atoms with Gasteiger partial charge in [0.1, 0.15) is 0 Å². The van der Waals surface area contributed by atoms with Gasteiger partial charge in [-0.25, -0.2) is 0 Å². The lowest BCUT2D eigenvalue weighted by Gasteiger charge is -2.10. The molecule has 0 aromatic heterocycles. The average Bonchev–Trinajstić information content (AvgIpc) is 2.39. The maximum absolute atomic E-state index is 11.4. The summed E-state index contributed by atoms with van der Waals surface area (Å²) in [5.74, 6) is -0.132. The topological polar surface area (TPSA) is 35.5 Å². The number of hydrogen-bond donors (Lipinski definition) is 0. The zero-order valence-electron chi connectivity index (χ0n) is 11.2. The quantitative estimate of drug-likeness (QED) is 0.524. The minimum atomic E-state index is -0.132. The van der Waals surface area contributed by atoms with E-state index in [1.165, 1.54) is 0 Å². The second-order valence-electron chi connectivity index (χ2n) is 4.35. The van der Waals surface area contributed by atoms with Gasteiger partial charge in [0.2, 0.25) is 0 Å². The molecule has 0 fully saturated rings. The molecule has 3 heteroatoms. The van der Waals surface area contributed by atoms with Gasteiger partial charge in [-0.15, -0.1) is 0 Å². The molecule has 1 atom stereocenters. The van der Waals surface area contributed by atoms with Gasteiger partial charge < -0.3 is 9.47 Å². The Labute approximate surface area is 109 Å². The first-order valence-electron chi connectivity index (χ1n) is 6.53. The summed E-state index contributed by atoms with van der Waals surface area (Å²) in [5.41, 5.74) is 1.15. The first-order valence-corrected chi connectivity index (χ1v) is 6.53. The Balaban J connectivity index is 2.03.